The fourth-order valence-corrected chi connectivity index (χ4v) is 4.34. The molecule has 0 fully saturated rings. The van der Waals surface area contributed by atoms with Crippen LogP contribution in [0.15, 0.2) is 60.7 Å². The molecule has 0 aliphatic carbocycles. The second-order valence-electron chi connectivity index (χ2n) is 7.23. The van der Waals surface area contributed by atoms with Crippen LogP contribution in [0.5, 0.6) is 0 Å². The van der Waals surface area contributed by atoms with Crippen molar-refractivity contribution in [1.29, 1.82) is 0 Å². The van der Waals surface area contributed by atoms with E-state index in [9.17, 15) is 22.4 Å². The predicted molar refractivity (Wildman–Crippen MR) is 113 cm³/mol. The van der Waals surface area contributed by atoms with E-state index in [1.807, 2.05) is 13.0 Å². The minimum atomic E-state index is -4.39. The molecule has 2 aromatic carbocycles. The first kappa shape index (κ1) is 21.1. The van der Waals surface area contributed by atoms with E-state index in [2.05, 4.69) is 5.32 Å². The number of hydrogen-bond acceptors (Lipinski definition) is 2. The third-order valence-corrected chi connectivity index (χ3v) is 5.92. The minimum absolute atomic E-state index is 0.233. The number of nitrogens with zero attached hydrogens (tertiary/aromatic N) is 1. The zero-order valence-electron chi connectivity index (χ0n) is 16.5. The Kier molecular flexibility index (Phi) is 5.58. The van der Waals surface area contributed by atoms with Gasteiger partial charge < -0.3 is 9.88 Å². The van der Waals surface area contributed by atoms with Gasteiger partial charge >= 0.3 is 6.18 Å². The van der Waals surface area contributed by atoms with Crippen LogP contribution in [0.4, 0.5) is 17.6 Å². The Bertz CT molecular complexity index is 1220. The first-order valence-electron chi connectivity index (χ1n) is 9.49. The van der Waals surface area contributed by atoms with Gasteiger partial charge in [0.05, 0.1) is 15.8 Å². The first-order valence-corrected chi connectivity index (χ1v) is 10.3. The Morgan fingerprint density at radius 2 is 1.65 bits per heavy atom. The van der Waals surface area contributed by atoms with Gasteiger partial charge in [-0.2, -0.15) is 13.2 Å². The molecule has 31 heavy (non-hydrogen) atoms. The Labute approximate surface area is 179 Å². The van der Waals surface area contributed by atoms with Crippen molar-refractivity contribution in [3.8, 4) is 0 Å². The highest BCUT2D eigenvalue weighted by Gasteiger charge is 2.30. The number of aromatic nitrogens is 1. The number of rotatable bonds is 5. The second kappa shape index (κ2) is 8.19. The Hall–Kier alpha value is -3.13. The number of amides is 1. The molecular weight excluding hydrogens is 428 g/mol. The summed E-state index contributed by atoms with van der Waals surface area (Å²) in [6.07, 6.45) is -4.39. The maximum atomic E-state index is 13.1. The number of carbonyl (C=O) groups excluding carboxylic acids is 1. The van der Waals surface area contributed by atoms with E-state index in [1.165, 1.54) is 24.3 Å². The third-order valence-electron chi connectivity index (χ3n) is 4.93. The molecule has 1 N–H and O–H groups in total. The number of alkyl halides is 3. The molecule has 2 aromatic heterocycles. The number of fused-ring (bicyclic) bond motifs is 1. The van der Waals surface area contributed by atoms with E-state index >= 15 is 0 Å². The van der Waals surface area contributed by atoms with Gasteiger partial charge in [0.1, 0.15) is 11.5 Å². The Balaban J connectivity index is 1.60. The zero-order chi connectivity index (χ0) is 22.2. The van der Waals surface area contributed by atoms with Crippen LogP contribution in [0, 0.1) is 12.7 Å². The highest BCUT2D eigenvalue weighted by atomic mass is 32.1. The molecule has 160 valence electrons. The molecule has 2 heterocycles. The maximum Gasteiger partial charge on any atom is 0.416 e. The number of carbonyl (C=O) groups is 1. The van der Waals surface area contributed by atoms with Gasteiger partial charge in [-0.1, -0.05) is 24.3 Å². The molecular formula is C23H18F4N2OS. The van der Waals surface area contributed by atoms with Crippen LogP contribution in [-0.2, 0) is 19.3 Å². The molecule has 0 aliphatic rings. The molecule has 0 atom stereocenters. The third kappa shape index (κ3) is 4.64. The summed E-state index contributed by atoms with van der Waals surface area (Å²) in [7, 11) is 0. The van der Waals surface area contributed by atoms with Crippen LogP contribution in [0.3, 0.4) is 0 Å². The number of benzene rings is 2. The van der Waals surface area contributed by atoms with Gasteiger partial charge in [0, 0.05) is 18.0 Å². The normalized spacial score (nSPS) is 11.8. The van der Waals surface area contributed by atoms with Gasteiger partial charge in [-0.15, -0.1) is 11.3 Å². The standard InChI is InChI=1S/C23H18F4N2OS/c1-14-10-19-21(31-14)11-20(22(30)28-12-15-4-8-18(24)9-5-15)29(19)13-16-2-6-17(7-3-16)23(25,26)27/h2-11H,12-13H2,1H3,(H,28,30). The van der Waals surface area contributed by atoms with Crippen LogP contribution < -0.4 is 5.32 Å². The fourth-order valence-electron chi connectivity index (χ4n) is 3.38. The lowest BCUT2D eigenvalue weighted by Gasteiger charge is -2.12. The first-order chi connectivity index (χ1) is 14.7. The van der Waals surface area contributed by atoms with E-state index in [1.54, 1.807) is 34.1 Å². The monoisotopic (exact) mass is 446 g/mol. The molecule has 0 spiro atoms. The molecule has 4 aromatic rings. The SMILES string of the molecule is Cc1cc2c(cc(C(=O)NCc3ccc(F)cc3)n2Cc2ccc(C(F)(F)F)cc2)s1. The summed E-state index contributed by atoms with van der Waals surface area (Å²) in [4.78, 5) is 14.0. The quantitative estimate of drug-likeness (QED) is 0.367. The average molecular weight is 446 g/mol. The topological polar surface area (TPSA) is 34.0 Å². The van der Waals surface area contributed by atoms with Crippen molar-refractivity contribution < 1.29 is 22.4 Å². The van der Waals surface area contributed by atoms with Crippen molar-refractivity contribution in [3.05, 3.63) is 93.7 Å². The highest BCUT2D eigenvalue weighted by Crippen LogP contribution is 2.31. The lowest BCUT2D eigenvalue weighted by Crippen LogP contribution is -2.25. The van der Waals surface area contributed by atoms with Crippen LogP contribution in [0.1, 0.15) is 32.1 Å². The number of thiophene rings is 1. The molecule has 0 radical (unpaired) electrons. The van der Waals surface area contributed by atoms with E-state index in [-0.39, 0.29) is 24.8 Å². The maximum absolute atomic E-state index is 13.1. The minimum Gasteiger partial charge on any atom is -0.347 e. The summed E-state index contributed by atoms with van der Waals surface area (Å²) >= 11 is 1.55. The van der Waals surface area contributed by atoms with Crippen LogP contribution in [0.2, 0.25) is 0 Å². The van der Waals surface area contributed by atoms with Crippen LogP contribution in [-0.4, -0.2) is 10.5 Å². The fraction of sp³-hybridized carbons (Fsp3) is 0.174. The number of aryl methyl sites for hydroxylation is 1. The highest BCUT2D eigenvalue weighted by molar-refractivity contribution is 7.19. The van der Waals surface area contributed by atoms with Crippen molar-refractivity contribution in [2.24, 2.45) is 0 Å². The summed E-state index contributed by atoms with van der Waals surface area (Å²) in [5, 5.41) is 2.83. The van der Waals surface area contributed by atoms with E-state index in [4.69, 9.17) is 0 Å². The Morgan fingerprint density at radius 3 is 2.29 bits per heavy atom. The van der Waals surface area contributed by atoms with Crippen molar-refractivity contribution in [1.82, 2.24) is 9.88 Å². The van der Waals surface area contributed by atoms with Gasteiger partial charge in [-0.05, 0) is 54.4 Å². The van der Waals surface area contributed by atoms with Gasteiger partial charge in [0.15, 0.2) is 0 Å². The van der Waals surface area contributed by atoms with E-state index in [0.29, 0.717) is 11.3 Å². The molecule has 4 rings (SSSR count). The molecule has 8 heteroatoms. The van der Waals surface area contributed by atoms with Crippen molar-refractivity contribution in [2.45, 2.75) is 26.2 Å². The summed E-state index contributed by atoms with van der Waals surface area (Å²) < 4.78 is 54.3. The van der Waals surface area contributed by atoms with Crippen LogP contribution in [0.25, 0.3) is 10.2 Å². The molecule has 0 aliphatic heterocycles. The number of nitrogens with one attached hydrogen (secondary N) is 1. The van der Waals surface area contributed by atoms with E-state index in [0.717, 1.165) is 32.8 Å². The summed E-state index contributed by atoms with van der Waals surface area (Å²) in [6.45, 7) is 2.45. The summed E-state index contributed by atoms with van der Waals surface area (Å²) in [6, 6.07) is 14.5. The molecule has 0 saturated heterocycles. The smallest absolute Gasteiger partial charge is 0.347 e. The van der Waals surface area contributed by atoms with Gasteiger partial charge in [0.25, 0.3) is 5.91 Å². The largest absolute Gasteiger partial charge is 0.416 e. The molecule has 0 bridgehead atoms. The molecule has 1 amide bonds. The predicted octanol–water partition coefficient (Wildman–Crippen LogP) is 6.15. The molecule has 0 saturated carbocycles. The molecule has 0 unspecified atom stereocenters. The lowest BCUT2D eigenvalue weighted by atomic mass is 10.1. The van der Waals surface area contributed by atoms with Crippen molar-refractivity contribution in [3.63, 3.8) is 0 Å². The van der Waals surface area contributed by atoms with Crippen molar-refractivity contribution >= 4 is 27.5 Å². The van der Waals surface area contributed by atoms with Gasteiger partial charge in [0.2, 0.25) is 0 Å². The van der Waals surface area contributed by atoms with Gasteiger partial charge in [-0.25, -0.2) is 4.39 Å². The number of hydrogen-bond donors (Lipinski definition) is 1. The van der Waals surface area contributed by atoms with E-state index < -0.39 is 11.7 Å². The zero-order valence-corrected chi connectivity index (χ0v) is 17.3. The molecule has 3 nitrogen and oxygen atoms in total. The summed E-state index contributed by atoms with van der Waals surface area (Å²) in [5.74, 6) is -0.659. The lowest BCUT2D eigenvalue weighted by molar-refractivity contribution is -0.137. The second-order valence-corrected chi connectivity index (χ2v) is 8.51. The summed E-state index contributed by atoms with van der Waals surface area (Å²) in [5.41, 5.74) is 1.98. The van der Waals surface area contributed by atoms with Crippen LogP contribution >= 0.6 is 11.3 Å². The van der Waals surface area contributed by atoms with Crippen molar-refractivity contribution in [2.75, 3.05) is 0 Å². The van der Waals surface area contributed by atoms with Gasteiger partial charge in [-0.3, -0.25) is 4.79 Å². The number of halogens is 4. The Morgan fingerprint density at radius 1 is 1.00 bits per heavy atom. The average Bonchev–Trinajstić information content (AvgIpc) is 3.24.